The third-order valence-electron chi connectivity index (χ3n) is 4.90. The summed E-state index contributed by atoms with van der Waals surface area (Å²) in [5.74, 6) is 0.976. The highest BCUT2D eigenvalue weighted by Crippen LogP contribution is 2.26. The standard InChI is InChI=1S/C21H21FN4O2/c1-28-18-7-5-14(6-8-18)19-12-20(25-24-19)26-10-9-17(13-26)23-21(27)15-3-2-4-16(22)11-15/h2-8,11-12,17H,9-10,13H2,1H3,(H,23,27)(H,24,25)/t17-/m1/s1. The van der Waals surface area contributed by atoms with Crippen LogP contribution in [-0.4, -0.2) is 42.3 Å². The van der Waals surface area contributed by atoms with Crippen molar-refractivity contribution in [2.75, 3.05) is 25.1 Å². The molecule has 1 aliphatic rings. The molecule has 28 heavy (non-hydrogen) atoms. The summed E-state index contributed by atoms with van der Waals surface area (Å²) in [5.41, 5.74) is 2.28. The molecule has 2 aromatic carbocycles. The second-order valence-corrected chi connectivity index (χ2v) is 6.78. The van der Waals surface area contributed by atoms with Crippen molar-refractivity contribution in [2.45, 2.75) is 12.5 Å². The summed E-state index contributed by atoms with van der Waals surface area (Å²) < 4.78 is 18.5. The Labute approximate surface area is 162 Å². The first kappa shape index (κ1) is 18.0. The van der Waals surface area contributed by atoms with Crippen LogP contribution in [0.15, 0.2) is 54.6 Å². The van der Waals surface area contributed by atoms with Gasteiger partial charge in [0.15, 0.2) is 5.82 Å². The maximum atomic E-state index is 13.3. The predicted molar refractivity (Wildman–Crippen MR) is 105 cm³/mol. The van der Waals surface area contributed by atoms with Crippen LogP contribution in [0, 0.1) is 5.82 Å². The molecule has 1 fully saturated rings. The Kier molecular flexibility index (Phi) is 4.97. The van der Waals surface area contributed by atoms with Gasteiger partial charge in [0.2, 0.25) is 0 Å². The molecule has 0 unspecified atom stereocenters. The Morgan fingerprint density at radius 3 is 2.82 bits per heavy atom. The first-order valence-corrected chi connectivity index (χ1v) is 9.13. The Morgan fingerprint density at radius 2 is 2.07 bits per heavy atom. The molecule has 2 heterocycles. The number of H-pyrrole nitrogens is 1. The van der Waals surface area contributed by atoms with Gasteiger partial charge in [-0.05, 0) is 54.4 Å². The highest BCUT2D eigenvalue weighted by molar-refractivity contribution is 5.94. The molecular formula is C21H21FN4O2. The van der Waals surface area contributed by atoms with E-state index in [1.165, 1.54) is 18.2 Å². The highest BCUT2D eigenvalue weighted by Gasteiger charge is 2.26. The van der Waals surface area contributed by atoms with Crippen LogP contribution >= 0.6 is 0 Å². The molecule has 7 heteroatoms. The lowest BCUT2D eigenvalue weighted by atomic mass is 10.1. The van der Waals surface area contributed by atoms with Crippen LogP contribution in [0.1, 0.15) is 16.8 Å². The summed E-state index contributed by atoms with van der Waals surface area (Å²) in [5, 5.41) is 10.4. The van der Waals surface area contributed by atoms with Gasteiger partial charge in [-0.15, -0.1) is 0 Å². The van der Waals surface area contributed by atoms with Crippen LogP contribution in [0.25, 0.3) is 11.3 Å². The number of benzene rings is 2. The summed E-state index contributed by atoms with van der Waals surface area (Å²) in [6.07, 6.45) is 0.811. The van der Waals surface area contributed by atoms with Crippen molar-refractivity contribution in [1.29, 1.82) is 0 Å². The molecule has 3 aromatic rings. The Bertz CT molecular complexity index is 971. The molecule has 0 radical (unpaired) electrons. The van der Waals surface area contributed by atoms with Gasteiger partial charge >= 0.3 is 0 Å². The van der Waals surface area contributed by atoms with E-state index in [0.717, 1.165) is 35.8 Å². The number of carbonyl (C=O) groups excluding carboxylic acids is 1. The minimum Gasteiger partial charge on any atom is -0.497 e. The van der Waals surface area contributed by atoms with E-state index in [0.29, 0.717) is 12.1 Å². The van der Waals surface area contributed by atoms with Crippen LogP contribution in [0.4, 0.5) is 10.2 Å². The number of nitrogens with zero attached hydrogens (tertiary/aromatic N) is 2. The number of methoxy groups -OCH3 is 1. The van der Waals surface area contributed by atoms with E-state index in [9.17, 15) is 9.18 Å². The number of aromatic nitrogens is 2. The number of nitrogens with one attached hydrogen (secondary N) is 2. The van der Waals surface area contributed by atoms with Gasteiger partial charge < -0.3 is 15.0 Å². The minimum atomic E-state index is -0.414. The Morgan fingerprint density at radius 1 is 1.25 bits per heavy atom. The highest BCUT2D eigenvalue weighted by atomic mass is 19.1. The molecule has 0 bridgehead atoms. The first-order chi connectivity index (χ1) is 13.6. The van der Waals surface area contributed by atoms with Crippen LogP contribution < -0.4 is 15.0 Å². The molecule has 1 amide bonds. The fourth-order valence-corrected chi connectivity index (χ4v) is 3.38. The monoisotopic (exact) mass is 380 g/mol. The van der Waals surface area contributed by atoms with Crippen molar-refractivity contribution < 1.29 is 13.9 Å². The lowest BCUT2D eigenvalue weighted by molar-refractivity contribution is 0.0940. The molecule has 1 atom stereocenters. The van der Waals surface area contributed by atoms with Gasteiger partial charge in [-0.3, -0.25) is 9.89 Å². The number of amides is 1. The van der Waals surface area contributed by atoms with Gasteiger partial charge in [0, 0.05) is 30.8 Å². The van der Waals surface area contributed by atoms with Crippen LogP contribution in [-0.2, 0) is 0 Å². The molecule has 1 aromatic heterocycles. The SMILES string of the molecule is COc1ccc(-c2cc(N3CC[C@@H](NC(=O)c4cccc(F)c4)C3)n[nH]2)cc1. The van der Waals surface area contributed by atoms with Gasteiger partial charge in [0.25, 0.3) is 5.91 Å². The molecule has 2 N–H and O–H groups in total. The summed E-state index contributed by atoms with van der Waals surface area (Å²) >= 11 is 0. The molecule has 6 nitrogen and oxygen atoms in total. The molecule has 144 valence electrons. The van der Waals surface area contributed by atoms with Crippen LogP contribution in [0.3, 0.4) is 0 Å². The van der Waals surface area contributed by atoms with E-state index in [2.05, 4.69) is 20.4 Å². The second-order valence-electron chi connectivity index (χ2n) is 6.78. The fourth-order valence-electron chi connectivity index (χ4n) is 3.38. The molecule has 4 rings (SSSR count). The molecule has 0 aliphatic carbocycles. The summed E-state index contributed by atoms with van der Waals surface area (Å²) in [6.45, 7) is 1.45. The van der Waals surface area contributed by atoms with Crippen LogP contribution in [0.2, 0.25) is 0 Å². The normalized spacial score (nSPS) is 16.2. The zero-order valence-electron chi connectivity index (χ0n) is 15.5. The Balaban J connectivity index is 1.39. The van der Waals surface area contributed by atoms with E-state index in [1.54, 1.807) is 13.2 Å². The maximum Gasteiger partial charge on any atom is 0.251 e. The second kappa shape index (κ2) is 7.72. The van der Waals surface area contributed by atoms with Crippen molar-refractivity contribution >= 4 is 11.7 Å². The number of carbonyl (C=O) groups is 1. The number of ether oxygens (including phenoxy) is 1. The zero-order valence-corrected chi connectivity index (χ0v) is 15.5. The van der Waals surface area contributed by atoms with Gasteiger partial charge in [-0.1, -0.05) is 6.07 Å². The third-order valence-corrected chi connectivity index (χ3v) is 4.90. The molecule has 1 aliphatic heterocycles. The molecule has 1 saturated heterocycles. The number of anilines is 1. The number of aromatic amines is 1. The van der Waals surface area contributed by atoms with Crippen molar-refractivity contribution in [3.8, 4) is 17.0 Å². The third kappa shape index (κ3) is 3.83. The van der Waals surface area contributed by atoms with Crippen molar-refractivity contribution in [2.24, 2.45) is 0 Å². The number of rotatable bonds is 5. The summed E-state index contributed by atoms with van der Waals surface area (Å²) in [4.78, 5) is 14.4. The summed E-state index contributed by atoms with van der Waals surface area (Å²) in [6, 6.07) is 15.5. The van der Waals surface area contributed by atoms with E-state index in [1.807, 2.05) is 30.3 Å². The van der Waals surface area contributed by atoms with E-state index >= 15 is 0 Å². The van der Waals surface area contributed by atoms with E-state index in [4.69, 9.17) is 4.74 Å². The number of hydrogen-bond acceptors (Lipinski definition) is 4. The van der Waals surface area contributed by atoms with Crippen molar-refractivity contribution in [3.05, 3.63) is 66.0 Å². The maximum absolute atomic E-state index is 13.3. The zero-order chi connectivity index (χ0) is 19.5. The average Bonchev–Trinajstić information content (AvgIpc) is 3.37. The van der Waals surface area contributed by atoms with Crippen molar-refractivity contribution in [3.63, 3.8) is 0 Å². The lowest BCUT2D eigenvalue weighted by Crippen LogP contribution is -2.37. The molecule has 0 spiro atoms. The lowest BCUT2D eigenvalue weighted by Gasteiger charge is -2.16. The molecular weight excluding hydrogens is 359 g/mol. The predicted octanol–water partition coefficient (Wildman–Crippen LogP) is 3.23. The van der Waals surface area contributed by atoms with Gasteiger partial charge in [-0.25, -0.2) is 4.39 Å². The smallest absolute Gasteiger partial charge is 0.251 e. The van der Waals surface area contributed by atoms with E-state index < -0.39 is 5.82 Å². The first-order valence-electron chi connectivity index (χ1n) is 9.13. The van der Waals surface area contributed by atoms with E-state index in [-0.39, 0.29) is 11.9 Å². The Hall–Kier alpha value is -3.35. The topological polar surface area (TPSA) is 70.2 Å². The quantitative estimate of drug-likeness (QED) is 0.713. The van der Waals surface area contributed by atoms with Gasteiger partial charge in [-0.2, -0.15) is 5.10 Å². The summed E-state index contributed by atoms with van der Waals surface area (Å²) in [7, 11) is 1.64. The van der Waals surface area contributed by atoms with Crippen LogP contribution in [0.5, 0.6) is 5.75 Å². The molecule has 0 saturated carbocycles. The fraction of sp³-hybridized carbons (Fsp3) is 0.238. The number of hydrogen-bond donors (Lipinski definition) is 2. The van der Waals surface area contributed by atoms with Gasteiger partial charge in [0.1, 0.15) is 11.6 Å². The largest absolute Gasteiger partial charge is 0.497 e. The minimum absolute atomic E-state index is 0.00287. The van der Waals surface area contributed by atoms with Gasteiger partial charge in [0.05, 0.1) is 12.8 Å². The van der Waals surface area contributed by atoms with Crippen molar-refractivity contribution in [1.82, 2.24) is 15.5 Å². The number of halogens is 1. The average molecular weight is 380 g/mol.